The third kappa shape index (κ3) is 4.08. The molecule has 1 fully saturated rings. The summed E-state index contributed by atoms with van der Waals surface area (Å²) < 4.78 is 32.5. The summed E-state index contributed by atoms with van der Waals surface area (Å²) in [6, 6.07) is 2.25. The summed E-state index contributed by atoms with van der Waals surface area (Å²) in [6.07, 6.45) is 4.25. The molecular weight excluding hydrogens is 288 g/mol. The Kier molecular flexibility index (Phi) is 5.46. The molecule has 0 unspecified atom stereocenters. The molecule has 1 aromatic rings. The highest BCUT2D eigenvalue weighted by atomic mass is 32.2. The van der Waals surface area contributed by atoms with Crippen LogP contribution in [0.2, 0.25) is 0 Å². The maximum atomic E-state index is 12.7. The fourth-order valence-corrected chi connectivity index (χ4v) is 3.99. The first-order valence-corrected chi connectivity index (χ1v) is 9.25. The molecule has 5 nitrogen and oxygen atoms in total. The number of unbranched alkanes of at least 4 members (excludes halogenated alkanes) is 1. The number of nitrogens with one attached hydrogen (secondary N) is 1. The van der Waals surface area contributed by atoms with E-state index < -0.39 is 10.0 Å². The number of nitrogens with zero attached hydrogens (tertiary/aromatic N) is 1. The van der Waals surface area contributed by atoms with Gasteiger partial charge in [0.25, 0.3) is 0 Å². The largest absolute Gasteiger partial charge is 0.464 e. The average molecular weight is 314 g/mol. The van der Waals surface area contributed by atoms with Crippen molar-refractivity contribution in [2.75, 3.05) is 13.1 Å². The van der Waals surface area contributed by atoms with Crippen LogP contribution in [0.1, 0.15) is 51.1 Å². The second kappa shape index (κ2) is 6.94. The normalized spacial score (nSPS) is 15.8. The molecule has 1 heterocycles. The number of hydrogen-bond donors (Lipinski definition) is 1. The van der Waals surface area contributed by atoms with Crippen LogP contribution in [0.25, 0.3) is 0 Å². The zero-order valence-corrected chi connectivity index (χ0v) is 14.0. The van der Waals surface area contributed by atoms with Gasteiger partial charge in [-0.3, -0.25) is 0 Å². The Balaban J connectivity index is 2.13. The molecule has 0 amide bonds. The van der Waals surface area contributed by atoms with Crippen LogP contribution in [0.5, 0.6) is 0 Å². The molecular formula is C15H26N2O3S. The molecule has 0 radical (unpaired) electrons. The smallest absolute Gasteiger partial charge is 0.246 e. The Morgan fingerprint density at radius 3 is 2.67 bits per heavy atom. The molecule has 1 aromatic heterocycles. The average Bonchev–Trinajstić information content (AvgIpc) is 3.19. The topological polar surface area (TPSA) is 62.6 Å². The molecule has 2 rings (SSSR count). The summed E-state index contributed by atoms with van der Waals surface area (Å²) in [7, 11) is -3.44. The first-order valence-electron chi connectivity index (χ1n) is 7.81. The Labute approximate surface area is 127 Å². The van der Waals surface area contributed by atoms with Gasteiger partial charge in [0.1, 0.15) is 16.4 Å². The molecule has 1 N–H and O–H groups in total. The molecule has 0 aromatic carbocycles. The first kappa shape index (κ1) is 16.5. The van der Waals surface area contributed by atoms with Crippen LogP contribution in [-0.4, -0.2) is 31.9 Å². The highest BCUT2D eigenvalue weighted by Gasteiger charge is 2.28. The maximum Gasteiger partial charge on any atom is 0.246 e. The predicted molar refractivity (Wildman–Crippen MR) is 82.6 cm³/mol. The maximum absolute atomic E-state index is 12.7. The minimum absolute atomic E-state index is 0.313. The highest BCUT2D eigenvalue weighted by Crippen LogP contribution is 2.25. The lowest BCUT2D eigenvalue weighted by molar-refractivity contribution is 0.415. The third-order valence-corrected chi connectivity index (χ3v) is 5.88. The fraction of sp³-hybridized carbons (Fsp3) is 0.733. The number of furan rings is 1. The Bertz CT molecular complexity index is 561. The lowest BCUT2D eigenvalue weighted by atomic mass is 10.3. The van der Waals surface area contributed by atoms with Gasteiger partial charge in [-0.1, -0.05) is 20.3 Å². The second-order valence-electron chi connectivity index (χ2n) is 5.64. The van der Waals surface area contributed by atoms with Crippen LogP contribution in [0.4, 0.5) is 0 Å². The highest BCUT2D eigenvalue weighted by molar-refractivity contribution is 7.89. The number of rotatable bonds is 9. The Hall–Kier alpha value is -0.850. The predicted octanol–water partition coefficient (Wildman–Crippen LogP) is 2.65. The monoisotopic (exact) mass is 314 g/mol. The molecule has 6 heteroatoms. The van der Waals surface area contributed by atoms with Crippen molar-refractivity contribution in [3.8, 4) is 0 Å². The van der Waals surface area contributed by atoms with E-state index in [1.807, 2.05) is 6.92 Å². The Morgan fingerprint density at radius 2 is 2.10 bits per heavy atom. The second-order valence-corrected chi connectivity index (χ2v) is 7.54. The molecule has 0 saturated heterocycles. The van der Waals surface area contributed by atoms with Crippen molar-refractivity contribution >= 4 is 10.0 Å². The van der Waals surface area contributed by atoms with E-state index >= 15 is 0 Å². The van der Waals surface area contributed by atoms with Gasteiger partial charge in [0.15, 0.2) is 0 Å². The number of aryl methyl sites for hydroxylation is 1. The van der Waals surface area contributed by atoms with E-state index in [-0.39, 0.29) is 0 Å². The van der Waals surface area contributed by atoms with Crippen LogP contribution in [0, 0.1) is 6.92 Å². The van der Waals surface area contributed by atoms with Crippen LogP contribution >= 0.6 is 0 Å². The van der Waals surface area contributed by atoms with Crippen molar-refractivity contribution in [3.63, 3.8) is 0 Å². The van der Waals surface area contributed by atoms with E-state index in [0.717, 1.165) is 12.8 Å². The Morgan fingerprint density at radius 1 is 1.38 bits per heavy atom. The van der Waals surface area contributed by atoms with Gasteiger partial charge in [-0.15, -0.1) is 0 Å². The summed E-state index contributed by atoms with van der Waals surface area (Å²) in [6.45, 7) is 7.31. The van der Waals surface area contributed by atoms with Crippen molar-refractivity contribution < 1.29 is 12.8 Å². The summed E-state index contributed by atoms with van der Waals surface area (Å²) in [5.74, 6) is 1.18. The van der Waals surface area contributed by atoms with Crippen molar-refractivity contribution in [1.29, 1.82) is 0 Å². The van der Waals surface area contributed by atoms with Crippen molar-refractivity contribution in [2.45, 2.75) is 63.9 Å². The van der Waals surface area contributed by atoms with Gasteiger partial charge in [-0.25, -0.2) is 8.42 Å². The zero-order chi connectivity index (χ0) is 15.5. The van der Waals surface area contributed by atoms with E-state index in [0.29, 0.717) is 42.1 Å². The molecule has 0 atom stereocenters. The lowest BCUT2D eigenvalue weighted by Gasteiger charge is -2.19. The number of hydrogen-bond acceptors (Lipinski definition) is 4. The summed E-state index contributed by atoms with van der Waals surface area (Å²) in [4.78, 5) is 0.313. The van der Waals surface area contributed by atoms with Crippen molar-refractivity contribution in [2.24, 2.45) is 0 Å². The van der Waals surface area contributed by atoms with Crippen LogP contribution in [0.15, 0.2) is 15.4 Å². The van der Waals surface area contributed by atoms with Gasteiger partial charge in [0, 0.05) is 25.2 Å². The van der Waals surface area contributed by atoms with E-state index in [1.54, 1.807) is 13.0 Å². The van der Waals surface area contributed by atoms with Crippen LogP contribution < -0.4 is 5.32 Å². The molecule has 0 spiro atoms. The minimum Gasteiger partial charge on any atom is -0.464 e. The van der Waals surface area contributed by atoms with E-state index in [9.17, 15) is 8.42 Å². The van der Waals surface area contributed by atoms with Crippen LogP contribution in [0.3, 0.4) is 0 Å². The molecule has 21 heavy (non-hydrogen) atoms. The van der Waals surface area contributed by atoms with Crippen LogP contribution in [-0.2, 0) is 16.6 Å². The molecule has 0 aliphatic heterocycles. The van der Waals surface area contributed by atoms with Gasteiger partial charge in [-0.2, -0.15) is 4.31 Å². The molecule has 120 valence electrons. The fourth-order valence-electron chi connectivity index (χ4n) is 2.32. The van der Waals surface area contributed by atoms with E-state index in [4.69, 9.17) is 4.42 Å². The lowest BCUT2D eigenvalue weighted by Crippen LogP contribution is -2.32. The third-order valence-electron chi connectivity index (χ3n) is 3.80. The van der Waals surface area contributed by atoms with E-state index in [2.05, 4.69) is 12.2 Å². The minimum atomic E-state index is -3.44. The standard InChI is InChI=1S/C15H26N2O3S/c1-4-6-9-17(5-2)21(18,19)15-10-14(20-12(15)3)11-16-13-7-8-13/h10,13,16H,4-9,11H2,1-3H3. The summed E-state index contributed by atoms with van der Waals surface area (Å²) in [5.41, 5.74) is 0. The van der Waals surface area contributed by atoms with E-state index in [1.165, 1.54) is 17.1 Å². The van der Waals surface area contributed by atoms with Crippen molar-refractivity contribution in [3.05, 3.63) is 17.6 Å². The summed E-state index contributed by atoms with van der Waals surface area (Å²) in [5, 5.41) is 3.34. The van der Waals surface area contributed by atoms with Gasteiger partial charge < -0.3 is 9.73 Å². The molecule has 1 saturated carbocycles. The van der Waals surface area contributed by atoms with Gasteiger partial charge in [0.05, 0.1) is 6.54 Å². The SMILES string of the molecule is CCCCN(CC)S(=O)(=O)c1cc(CNC2CC2)oc1C. The first-order chi connectivity index (χ1) is 9.98. The molecule has 1 aliphatic carbocycles. The summed E-state index contributed by atoms with van der Waals surface area (Å²) >= 11 is 0. The molecule has 0 bridgehead atoms. The zero-order valence-electron chi connectivity index (χ0n) is 13.2. The van der Waals surface area contributed by atoms with Gasteiger partial charge >= 0.3 is 0 Å². The van der Waals surface area contributed by atoms with Gasteiger partial charge in [-0.05, 0) is 26.2 Å². The molecule has 1 aliphatic rings. The van der Waals surface area contributed by atoms with Gasteiger partial charge in [0.2, 0.25) is 10.0 Å². The van der Waals surface area contributed by atoms with Crippen molar-refractivity contribution in [1.82, 2.24) is 9.62 Å². The quantitative estimate of drug-likeness (QED) is 0.761. The number of sulfonamides is 1.